The minimum Gasteiger partial charge on any atom is -0.330 e. The number of hydrogen-bond acceptors (Lipinski definition) is 3. The molecule has 0 aliphatic rings. The fourth-order valence-corrected chi connectivity index (χ4v) is 3.44. The summed E-state index contributed by atoms with van der Waals surface area (Å²) in [6.07, 6.45) is 1.06. The topological polar surface area (TPSA) is 38.0 Å². The Morgan fingerprint density at radius 3 is 2.39 bits per heavy atom. The minimum atomic E-state index is 0.176. The first-order valence-electron chi connectivity index (χ1n) is 6.43. The fraction of sp³-hybridized carbons (Fsp3) is 0.714. The van der Waals surface area contributed by atoms with E-state index in [-0.39, 0.29) is 10.8 Å². The van der Waals surface area contributed by atoms with Gasteiger partial charge in [0, 0.05) is 23.4 Å². The van der Waals surface area contributed by atoms with Gasteiger partial charge in [0.1, 0.15) is 0 Å². The molecule has 0 spiro atoms. The predicted molar refractivity (Wildman–Crippen MR) is 85.4 cm³/mol. The van der Waals surface area contributed by atoms with Crippen LogP contribution in [-0.2, 0) is 5.41 Å². The first kappa shape index (κ1) is 16.2. The highest BCUT2D eigenvalue weighted by Gasteiger charge is 2.24. The van der Waals surface area contributed by atoms with Gasteiger partial charge in [-0.3, -0.25) is 0 Å². The lowest BCUT2D eigenvalue weighted by Crippen LogP contribution is -2.38. The summed E-state index contributed by atoms with van der Waals surface area (Å²) in [6, 6.07) is 4.33. The molecule has 2 nitrogen and oxygen atoms in total. The van der Waals surface area contributed by atoms with Crippen molar-refractivity contribution in [3.63, 3.8) is 0 Å². The van der Waals surface area contributed by atoms with Gasteiger partial charge < -0.3 is 11.1 Å². The maximum Gasteiger partial charge on any atom is 0.0701 e. The van der Waals surface area contributed by atoms with E-state index < -0.39 is 0 Å². The third-order valence-corrected chi connectivity index (χ3v) is 5.22. The first-order chi connectivity index (χ1) is 8.27. The molecule has 0 atom stereocenters. The van der Waals surface area contributed by atoms with E-state index in [1.54, 1.807) is 0 Å². The van der Waals surface area contributed by atoms with Crippen LogP contribution in [0.15, 0.2) is 15.9 Å². The maximum absolute atomic E-state index is 5.63. The lowest BCUT2D eigenvalue weighted by molar-refractivity contribution is 0.306. The summed E-state index contributed by atoms with van der Waals surface area (Å²) in [4.78, 5) is 1.42. The molecule has 0 aliphatic carbocycles. The smallest absolute Gasteiger partial charge is 0.0701 e. The zero-order valence-corrected chi connectivity index (χ0v) is 14.2. The third-order valence-electron chi connectivity index (χ3n) is 3.23. The first-order valence-corrected chi connectivity index (χ1v) is 8.04. The molecule has 1 rings (SSSR count). The molecule has 0 aliphatic heterocycles. The Bertz CT molecular complexity index is 372. The minimum absolute atomic E-state index is 0.176. The zero-order chi connectivity index (χ0) is 13.8. The van der Waals surface area contributed by atoms with Gasteiger partial charge in [0.2, 0.25) is 0 Å². The van der Waals surface area contributed by atoms with Crippen LogP contribution in [0.1, 0.15) is 39.0 Å². The van der Waals surface area contributed by atoms with E-state index in [2.05, 4.69) is 61.1 Å². The average molecular weight is 333 g/mol. The highest BCUT2D eigenvalue weighted by molar-refractivity contribution is 9.11. The summed E-state index contributed by atoms with van der Waals surface area (Å²) in [5.74, 6) is 0. The van der Waals surface area contributed by atoms with Gasteiger partial charge in [0.25, 0.3) is 0 Å². The van der Waals surface area contributed by atoms with E-state index in [0.717, 1.165) is 26.1 Å². The standard InChI is InChI=1S/C14H25BrN2S/c1-13(2,7-8-16)9-17-10-14(3,4)11-5-6-12(15)18-11/h5-6,17H,7-10,16H2,1-4H3. The SMILES string of the molecule is CC(C)(CCN)CNCC(C)(C)c1ccc(Br)s1. The van der Waals surface area contributed by atoms with Crippen molar-refractivity contribution in [3.05, 3.63) is 20.8 Å². The Hall–Kier alpha value is 0.1000. The quantitative estimate of drug-likeness (QED) is 0.797. The van der Waals surface area contributed by atoms with Crippen LogP contribution in [0.5, 0.6) is 0 Å². The van der Waals surface area contributed by atoms with Crippen molar-refractivity contribution in [3.8, 4) is 0 Å². The fourth-order valence-electron chi connectivity index (χ4n) is 1.96. The van der Waals surface area contributed by atoms with Crippen LogP contribution in [-0.4, -0.2) is 19.6 Å². The summed E-state index contributed by atoms with van der Waals surface area (Å²) in [5, 5.41) is 3.59. The number of halogens is 1. The highest BCUT2D eigenvalue weighted by Crippen LogP contribution is 2.32. The van der Waals surface area contributed by atoms with Crippen molar-refractivity contribution in [2.45, 2.75) is 39.5 Å². The number of hydrogen-bond donors (Lipinski definition) is 2. The van der Waals surface area contributed by atoms with Crippen molar-refractivity contribution in [1.82, 2.24) is 5.32 Å². The molecule has 0 saturated carbocycles. The van der Waals surface area contributed by atoms with Gasteiger partial charge in [-0.25, -0.2) is 0 Å². The van der Waals surface area contributed by atoms with Gasteiger partial charge in [-0.2, -0.15) is 0 Å². The number of nitrogens with one attached hydrogen (secondary N) is 1. The van der Waals surface area contributed by atoms with Gasteiger partial charge in [-0.15, -0.1) is 11.3 Å². The Kier molecular flexibility index (Phi) is 5.84. The number of rotatable bonds is 7. The molecule has 0 bridgehead atoms. The molecule has 3 N–H and O–H groups in total. The van der Waals surface area contributed by atoms with Crippen LogP contribution in [0.25, 0.3) is 0 Å². The number of nitrogens with two attached hydrogens (primary N) is 1. The summed E-state index contributed by atoms with van der Waals surface area (Å²) in [5.41, 5.74) is 6.09. The van der Waals surface area contributed by atoms with E-state index in [1.807, 2.05) is 11.3 Å². The van der Waals surface area contributed by atoms with Gasteiger partial charge in [0.05, 0.1) is 3.79 Å². The Morgan fingerprint density at radius 2 is 1.89 bits per heavy atom. The second-order valence-corrected chi connectivity index (χ2v) is 8.76. The maximum atomic E-state index is 5.63. The second kappa shape index (κ2) is 6.51. The Labute approximate surface area is 123 Å². The lowest BCUT2D eigenvalue weighted by Gasteiger charge is -2.29. The van der Waals surface area contributed by atoms with Gasteiger partial charge in [-0.05, 0) is 46.4 Å². The monoisotopic (exact) mass is 332 g/mol. The van der Waals surface area contributed by atoms with Crippen LogP contribution in [0, 0.1) is 5.41 Å². The normalized spacial score (nSPS) is 13.0. The molecule has 1 heterocycles. The molecule has 0 amide bonds. The van der Waals surface area contributed by atoms with Crippen molar-refractivity contribution in [1.29, 1.82) is 0 Å². The molecule has 104 valence electrons. The molecule has 1 aromatic heterocycles. The molecule has 0 unspecified atom stereocenters. The summed E-state index contributed by atoms with van der Waals surface area (Å²) >= 11 is 5.35. The summed E-state index contributed by atoms with van der Waals surface area (Å²) in [7, 11) is 0. The molecule has 4 heteroatoms. The van der Waals surface area contributed by atoms with E-state index in [1.165, 1.54) is 8.66 Å². The van der Waals surface area contributed by atoms with Crippen molar-refractivity contribution in [2.24, 2.45) is 11.1 Å². The van der Waals surface area contributed by atoms with E-state index in [9.17, 15) is 0 Å². The number of thiophene rings is 1. The molecule has 0 fully saturated rings. The third kappa shape index (κ3) is 5.00. The summed E-state index contributed by atoms with van der Waals surface area (Å²) in [6.45, 7) is 11.9. The van der Waals surface area contributed by atoms with E-state index in [0.29, 0.717) is 0 Å². The van der Waals surface area contributed by atoms with Gasteiger partial charge >= 0.3 is 0 Å². The van der Waals surface area contributed by atoms with Crippen molar-refractivity contribution >= 4 is 27.3 Å². The Balaban J connectivity index is 2.47. The van der Waals surface area contributed by atoms with Crippen LogP contribution in [0.4, 0.5) is 0 Å². The lowest BCUT2D eigenvalue weighted by atomic mass is 9.87. The molecule has 0 radical (unpaired) electrons. The van der Waals surface area contributed by atoms with Gasteiger partial charge in [0.15, 0.2) is 0 Å². The average Bonchev–Trinajstić information content (AvgIpc) is 2.64. The molecule has 1 aromatic rings. The molecule has 0 saturated heterocycles. The van der Waals surface area contributed by atoms with E-state index >= 15 is 0 Å². The zero-order valence-electron chi connectivity index (χ0n) is 11.8. The Morgan fingerprint density at radius 1 is 1.22 bits per heavy atom. The highest BCUT2D eigenvalue weighted by atomic mass is 79.9. The van der Waals surface area contributed by atoms with Crippen LogP contribution < -0.4 is 11.1 Å². The van der Waals surface area contributed by atoms with Crippen molar-refractivity contribution in [2.75, 3.05) is 19.6 Å². The second-order valence-electron chi connectivity index (χ2n) is 6.29. The van der Waals surface area contributed by atoms with Crippen molar-refractivity contribution < 1.29 is 0 Å². The summed E-state index contributed by atoms with van der Waals surface area (Å²) < 4.78 is 1.20. The van der Waals surface area contributed by atoms with Gasteiger partial charge in [-0.1, -0.05) is 27.7 Å². The van der Waals surface area contributed by atoms with E-state index in [4.69, 9.17) is 5.73 Å². The van der Waals surface area contributed by atoms with Crippen LogP contribution in [0.3, 0.4) is 0 Å². The van der Waals surface area contributed by atoms with Crippen LogP contribution in [0.2, 0.25) is 0 Å². The molecular weight excluding hydrogens is 308 g/mol. The largest absolute Gasteiger partial charge is 0.330 e. The molecule has 18 heavy (non-hydrogen) atoms. The van der Waals surface area contributed by atoms with Crippen LogP contribution >= 0.6 is 27.3 Å². The molecule has 0 aromatic carbocycles. The molecular formula is C14H25BrN2S. The predicted octanol–water partition coefficient (Wildman–Crippen LogP) is 3.75.